The molecule has 0 saturated carbocycles. The predicted molar refractivity (Wildman–Crippen MR) is 123 cm³/mol. The van der Waals surface area contributed by atoms with Crippen LogP contribution in [-0.4, -0.2) is 16.1 Å². The van der Waals surface area contributed by atoms with Crippen molar-refractivity contribution in [3.05, 3.63) is 89.6 Å². The van der Waals surface area contributed by atoms with E-state index in [0.29, 0.717) is 5.69 Å². The van der Waals surface area contributed by atoms with Crippen LogP contribution in [0, 0.1) is 0 Å². The third-order valence-corrected chi connectivity index (χ3v) is 5.96. The van der Waals surface area contributed by atoms with Crippen LogP contribution in [0.5, 0.6) is 0 Å². The lowest BCUT2D eigenvalue weighted by molar-refractivity contribution is 0.0997. The number of aromatic nitrogens is 2. The van der Waals surface area contributed by atoms with Crippen molar-refractivity contribution in [2.75, 3.05) is 0 Å². The van der Waals surface area contributed by atoms with Gasteiger partial charge in [-0.2, -0.15) is 5.10 Å². The summed E-state index contributed by atoms with van der Waals surface area (Å²) in [6.07, 6.45) is 5.22. The van der Waals surface area contributed by atoms with E-state index in [9.17, 15) is 4.79 Å². The summed E-state index contributed by atoms with van der Waals surface area (Å²) in [5, 5.41) is 12.9. The number of primary amides is 1. The van der Waals surface area contributed by atoms with E-state index in [1.807, 2.05) is 18.2 Å². The maximum atomic E-state index is 10.8. The summed E-state index contributed by atoms with van der Waals surface area (Å²) >= 11 is 0. The molecule has 148 valence electrons. The van der Waals surface area contributed by atoms with Crippen LogP contribution in [-0.2, 0) is 12.8 Å². The number of aryl methyl sites for hydroxylation is 2. The molecule has 1 aromatic heterocycles. The summed E-state index contributed by atoms with van der Waals surface area (Å²) in [6, 6.07) is 25.3. The Morgan fingerprint density at radius 3 is 2.37 bits per heavy atom. The number of hydrogen-bond donors (Lipinski definition) is 2. The van der Waals surface area contributed by atoms with Crippen LogP contribution in [0.15, 0.2) is 72.8 Å². The quantitative estimate of drug-likeness (QED) is 0.367. The number of nitrogens with two attached hydrogens (primary N) is 1. The first-order valence-electron chi connectivity index (χ1n) is 10.4. The largest absolute Gasteiger partial charge is 0.364 e. The second-order valence-corrected chi connectivity index (χ2v) is 7.77. The summed E-state index contributed by atoms with van der Waals surface area (Å²) in [5.74, 6) is -0.507. The van der Waals surface area contributed by atoms with Crippen LogP contribution in [0.3, 0.4) is 0 Å². The van der Waals surface area contributed by atoms with Gasteiger partial charge in [0.15, 0.2) is 5.69 Å². The summed E-state index contributed by atoms with van der Waals surface area (Å²) in [6.45, 7) is 0. The van der Waals surface area contributed by atoms with Gasteiger partial charge < -0.3 is 5.73 Å². The van der Waals surface area contributed by atoms with Crippen LogP contribution in [0.25, 0.3) is 32.4 Å². The molecule has 4 nitrogen and oxygen atoms in total. The Morgan fingerprint density at radius 1 is 0.767 bits per heavy atom. The van der Waals surface area contributed by atoms with E-state index in [1.54, 1.807) is 17.2 Å². The normalized spacial score (nSPS) is 13.1. The molecule has 1 heterocycles. The number of nitrogens with zero attached hydrogens (tertiary/aromatic N) is 1. The highest BCUT2D eigenvalue weighted by atomic mass is 16.1. The molecular formula is C26H23N3O. The minimum atomic E-state index is -0.507. The summed E-state index contributed by atoms with van der Waals surface area (Å²) in [7, 11) is 0. The van der Waals surface area contributed by atoms with E-state index in [1.165, 1.54) is 47.2 Å². The minimum Gasteiger partial charge on any atom is -0.364 e. The zero-order chi connectivity index (χ0) is 20.5. The number of aromatic amines is 1. The van der Waals surface area contributed by atoms with Gasteiger partial charge in [0.05, 0.1) is 5.52 Å². The first-order valence-corrected chi connectivity index (χ1v) is 10.4. The van der Waals surface area contributed by atoms with Crippen molar-refractivity contribution >= 4 is 38.4 Å². The molecule has 4 heteroatoms. The molecule has 30 heavy (non-hydrogen) atoms. The Labute approximate surface area is 174 Å². The van der Waals surface area contributed by atoms with Gasteiger partial charge in [0.25, 0.3) is 5.91 Å². The zero-order valence-corrected chi connectivity index (χ0v) is 16.7. The molecule has 0 atom stereocenters. The third-order valence-electron chi connectivity index (χ3n) is 5.96. The molecule has 0 unspecified atom stereocenters. The van der Waals surface area contributed by atoms with Crippen LogP contribution in [0.2, 0.25) is 0 Å². The smallest absolute Gasteiger partial charge is 0.269 e. The number of nitrogens with one attached hydrogen (secondary N) is 1. The van der Waals surface area contributed by atoms with E-state index < -0.39 is 5.91 Å². The standard InChI is InChI=1S/C18H16.C8H7N3O/c1-3-7-15-13(5-1)9-11-18-16-8-4-2-6-14(16)10-12-17(15)18;9-8(12)7-5-3-1-2-4-6(5)10-11-7/h1,3,5,7,9-12H,2,4,6,8H2;1-4H,(H2,9,12)(H,10,11). The lowest BCUT2D eigenvalue weighted by Crippen LogP contribution is -2.11. The van der Waals surface area contributed by atoms with Gasteiger partial charge >= 0.3 is 0 Å². The summed E-state index contributed by atoms with van der Waals surface area (Å²) in [5.41, 5.74) is 9.40. The van der Waals surface area contributed by atoms with Crippen LogP contribution < -0.4 is 5.73 Å². The highest BCUT2D eigenvalue weighted by Crippen LogP contribution is 2.33. The SMILES string of the molecule is NC(=O)c1n[nH]c2ccccc12.c1ccc2c(c1)ccc1c3c(ccc12)CCCC3. The fourth-order valence-corrected chi connectivity index (χ4v) is 4.49. The van der Waals surface area contributed by atoms with E-state index in [2.05, 4.69) is 58.7 Å². The molecule has 4 aromatic carbocycles. The molecule has 0 radical (unpaired) electrons. The lowest BCUT2D eigenvalue weighted by Gasteiger charge is -2.18. The van der Waals surface area contributed by atoms with Crippen molar-refractivity contribution in [3.8, 4) is 0 Å². The number of para-hydroxylation sites is 1. The highest BCUT2D eigenvalue weighted by molar-refractivity contribution is 6.08. The molecule has 1 amide bonds. The molecule has 0 spiro atoms. The van der Waals surface area contributed by atoms with E-state index in [4.69, 9.17) is 5.73 Å². The number of fused-ring (bicyclic) bond motifs is 6. The number of rotatable bonds is 1. The van der Waals surface area contributed by atoms with E-state index in [-0.39, 0.29) is 0 Å². The average Bonchev–Trinajstić information content (AvgIpc) is 3.24. The van der Waals surface area contributed by atoms with Crippen molar-refractivity contribution in [3.63, 3.8) is 0 Å². The molecule has 5 aromatic rings. The lowest BCUT2D eigenvalue weighted by atomic mass is 9.86. The van der Waals surface area contributed by atoms with E-state index >= 15 is 0 Å². The van der Waals surface area contributed by atoms with Gasteiger partial charge in [-0.1, -0.05) is 66.7 Å². The number of hydrogen-bond acceptors (Lipinski definition) is 2. The molecule has 0 saturated heterocycles. The number of benzene rings is 4. The van der Waals surface area contributed by atoms with Gasteiger partial charge in [0.1, 0.15) is 0 Å². The second kappa shape index (κ2) is 7.64. The minimum absolute atomic E-state index is 0.297. The van der Waals surface area contributed by atoms with Crippen LogP contribution in [0.4, 0.5) is 0 Å². The Morgan fingerprint density at radius 2 is 1.50 bits per heavy atom. The van der Waals surface area contributed by atoms with Gasteiger partial charge in [-0.3, -0.25) is 9.89 Å². The number of amides is 1. The van der Waals surface area contributed by atoms with Gasteiger partial charge in [0, 0.05) is 5.39 Å². The molecule has 3 N–H and O–H groups in total. The molecule has 6 rings (SSSR count). The Hall–Kier alpha value is -3.66. The second-order valence-electron chi connectivity index (χ2n) is 7.77. The Bertz CT molecular complexity index is 1380. The topological polar surface area (TPSA) is 71.8 Å². The van der Waals surface area contributed by atoms with Gasteiger partial charge in [-0.25, -0.2) is 0 Å². The molecule has 1 aliphatic rings. The van der Waals surface area contributed by atoms with Gasteiger partial charge in [0.2, 0.25) is 0 Å². The molecule has 0 aliphatic heterocycles. The monoisotopic (exact) mass is 393 g/mol. The van der Waals surface area contributed by atoms with Crippen molar-refractivity contribution < 1.29 is 4.79 Å². The van der Waals surface area contributed by atoms with Crippen LogP contribution in [0.1, 0.15) is 34.5 Å². The number of carbonyl (C=O) groups is 1. The number of carbonyl (C=O) groups excluding carboxylic acids is 1. The highest BCUT2D eigenvalue weighted by Gasteiger charge is 2.13. The summed E-state index contributed by atoms with van der Waals surface area (Å²) < 4.78 is 0. The average molecular weight is 393 g/mol. The van der Waals surface area contributed by atoms with Gasteiger partial charge in [-0.15, -0.1) is 0 Å². The maximum absolute atomic E-state index is 10.8. The van der Waals surface area contributed by atoms with Crippen molar-refractivity contribution in [2.45, 2.75) is 25.7 Å². The zero-order valence-electron chi connectivity index (χ0n) is 16.7. The van der Waals surface area contributed by atoms with Crippen molar-refractivity contribution in [1.82, 2.24) is 10.2 Å². The van der Waals surface area contributed by atoms with Crippen molar-refractivity contribution in [2.24, 2.45) is 5.73 Å². The van der Waals surface area contributed by atoms with Crippen LogP contribution >= 0.6 is 0 Å². The Balaban J connectivity index is 0.000000140. The molecule has 0 bridgehead atoms. The fourth-order valence-electron chi connectivity index (χ4n) is 4.49. The summed E-state index contributed by atoms with van der Waals surface area (Å²) in [4.78, 5) is 10.8. The third kappa shape index (κ3) is 3.20. The Kier molecular flexibility index (Phi) is 4.68. The number of H-pyrrole nitrogens is 1. The first-order chi connectivity index (χ1) is 14.7. The molecule has 1 aliphatic carbocycles. The maximum Gasteiger partial charge on any atom is 0.269 e. The van der Waals surface area contributed by atoms with Crippen molar-refractivity contribution in [1.29, 1.82) is 0 Å². The van der Waals surface area contributed by atoms with Gasteiger partial charge in [-0.05, 0) is 64.4 Å². The fraction of sp³-hybridized carbons (Fsp3) is 0.154. The predicted octanol–water partition coefficient (Wildman–Crippen LogP) is 5.53. The molecule has 0 fully saturated rings. The van der Waals surface area contributed by atoms with E-state index in [0.717, 1.165) is 10.9 Å². The molecular weight excluding hydrogens is 370 g/mol. The first kappa shape index (κ1) is 18.4.